The average molecular weight is 306 g/mol. The zero-order valence-electron chi connectivity index (χ0n) is 13.9. The summed E-state index contributed by atoms with van der Waals surface area (Å²) in [6.07, 6.45) is 3.03. The van der Waals surface area contributed by atoms with Gasteiger partial charge in [0.15, 0.2) is 0 Å². The molecule has 2 aromatic heterocycles. The minimum atomic E-state index is 0.730. The molecule has 0 saturated carbocycles. The molecule has 118 valence electrons. The molecule has 0 spiro atoms. The van der Waals surface area contributed by atoms with Crippen molar-refractivity contribution in [1.29, 1.82) is 0 Å². The molecule has 3 rings (SSSR count). The van der Waals surface area contributed by atoms with E-state index in [0.29, 0.717) is 0 Å². The number of rotatable bonds is 5. The van der Waals surface area contributed by atoms with Gasteiger partial charge in [0.25, 0.3) is 0 Å². The Kier molecular flexibility index (Phi) is 4.42. The Bertz CT molecular complexity index is 790. The predicted molar refractivity (Wildman–Crippen MR) is 94.3 cm³/mol. The summed E-state index contributed by atoms with van der Waals surface area (Å²) in [6, 6.07) is 14.6. The minimum absolute atomic E-state index is 0.730. The summed E-state index contributed by atoms with van der Waals surface area (Å²) >= 11 is 0. The Labute approximate surface area is 137 Å². The summed E-state index contributed by atoms with van der Waals surface area (Å²) < 4.78 is 1.84. The molecule has 1 aromatic carbocycles. The smallest absolute Gasteiger partial charge is 0.127 e. The Morgan fingerprint density at radius 3 is 2.57 bits per heavy atom. The Morgan fingerprint density at radius 1 is 1.13 bits per heavy atom. The van der Waals surface area contributed by atoms with Crippen LogP contribution in [0, 0.1) is 6.92 Å². The molecular weight excluding hydrogens is 284 g/mol. The fraction of sp³-hybridized carbons (Fsp3) is 0.263. The molecule has 0 radical (unpaired) electrons. The van der Waals surface area contributed by atoms with Gasteiger partial charge in [-0.3, -0.25) is 4.68 Å². The second-order valence-electron chi connectivity index (χ2n) is 5.73. The first kappa shape index (κ1) is 15.3. The van der Waals surface area contributed by atoms with Crippen molar-refractivity contribution in [2.45, 2.75) is 26.8 Å². The Balaban J connectivity index is 1.85. The van der Waals surface area contributed by atoms with E-state index in [2.05, 4.69) is 41.6 Å². The number of nitrogens with one attached hydrogen (secondary N) is 1. The highest BCUT2D eigenvalue weighted by atomic mass is 15.3. The van der Waals surface area contributed by atoms with Crippen molar-refractivity contribution in [3.8, 4) is 11.3 Å². The van der Waals surface area contributed by atoms with Crippen LogP contribution in [-0.4, -0.2) is 14.8 Å². The van der Waals surface area contributed by atoms with E-state index >= 15 is 0 Å². The topological polar surface area (TPSA) is 42.7 Å². The van der Waals surface area contributed by atoms with Crippen LogP contribution in [0.5, 0.6) is 0 Å². The van der Waals surface area contributed by atoms with Crippen LogP contribution in [0.1, 0.15) is 23.7 Å². The third kappa shape index (κ3) is 3.59. The third-order valence-corrected chi connectivity index (χ3v) is 3.94. The molecule has 0 saturated heterocycles. The lowest BCUT2D eigenvalue weighted by Gasteiger charge is -2.10. The van der Waals surface area contributed by atoms with Gasteiger partial charge in [0.05, 0.1) is 11.4 Å². The molecule has 0 fully saturated rings. The van der Waals surface area contributed by atoms with Crippen LogP contribution in [0.4, 0.5) is 5.82 Å². The highest BCUT2D eigenvalue weighted by molar-refractivity contribution is 5.62. The van der Waals surface area contributed by atoms with Gasteiger partial charge in [-0.2, -0.15) is 5.10 Å². The van der Waals surface area contributed by atoms with Crippen LogP contribution in [0.3, 0.4) is 0 Å². The highest BCUT2D eigenvalue weighted by Gasteiger charge is 2.06. The van der Waals surface area contributed by atoms with Gasteiger partial charge in [-0.15, -0.1) is 0 Å². The quantitative estimate of drug-likeness (QED) is 0.775. The van der Waals surface area contributed by atoms with Crippen molar-refractivity contribution in [2.24, 2.45) is 7.05 Å². The molecule has 4 heteroatoms. The predicted octanol–water partition coefficient (Wildman–Crippen LogP) is 3.97. The molecule has 1 N–H and O–H groups in total. The second-order valence-corrected chi connectivity index (χ2v) is 5.73. The van der Waals surface area contributed by atoms with E-state index < -0.39 is 0 Å². The maximum atomic E-state index is 4.76. The lowest BCUT2D eigenvalue weighted by atomic mass is 10.1. The molecular formula is C19H22N4. The Morgan fingerprint density at radius 2 is 1.91 bits per heavy atom. The van der Waals surface area contributed by atoms with Crippen LogP contribution in [-0.2, 0) is 20.0 Å². The average Bonchev–Trinajstić information content (AvgIpc) is 2.91. The zero-order chi connectivity index (χ0) is 16.2. The number of nitrogens with zero attached hydrogens (tertiary/aromatic N) is 3. The van der Waals surface area contributed by atoms with Gasteiger partial charge in [-0.05, 0) is 31.0 Å². The van der Waals surface area contributed by atoms with Gasteiger partial charge in [0, 0.05) is 30.9 Å². The van der Waals surface area contributed by atoms with Crippen LogP contribution in [0.2, 0.25) is 0 Å². The van der Waals surface area contributed by atoms with Crippen molar-refractivity contribution in [2.75, 3.05) is 5.32 Å². The van der Waals surface area contributed by atoms with E-state index in [1.807, 2.05) is 43.0 Å². The number of benzene rings is 1. The Hall–Kier alpha value is -2.62. The number of aromatic nitrogens is 3. The number of anilines is 1. The number of hydrogen-bond donors (Lipinski definition) is 1. The summed E-state index contributed by atoms with van der Waals surface area (Å²) in [6.45, 7) is 4.93. The summed E-state index contributed by atoms with van der Waals surface area (Å²) in [7, 11) is 1.94. The van der Waals surface area contributed by atoms with Crippen molar-refractivity contribution in [1.82, 2.24) is 14.8 Å². The van der Waals surface area contributed by atoms with Gasteiger partial charge >= 0.3 is 0 Å². The van der Waals surface area contributed by atoms with E-state index in [1.165, 1.54) is 11.1 Å². The standard InChI is InChI=1S/C19H22N4/c1-4-15-10-18(16-8-6-5-7-9-16)21-19(11-15)20-12-17-13-23(3)22-14(17)2/h5-11,13H,4,12H2,1-3H3,(H,20,21). The fourth-order valence-electron chi connectivity index (χ4n) is 2.65. The highest BCUT2D eigenvalue weighted by Crippen LogP contribution is 2.22. The van der Waals surface area contributed by atoms with Crippen LogP contribution < -0.4 is 5.32 Å². The van der Waals surface area contributed by atoms with Gasteiger partial charge < -0.3 is 5.32 Å². The molecule has 0 atom stereocenters. The molecule has 23 heavy (non-hydrogen) atoms. The van der Waals surface area contributed by atoms with Crippen molar-refractivity contribution < 1.29 is 0 Å². The monoisotopic (exact) mass is 306 g/mol. The fourth-order valence-corrected chi connectivity index (χ4v) is 2.65. The van der Waals surface area contributed by atoms with E-state index in [0.717, 1.165) is 35.7 Å². The summed E-state index contributed by atoms with van der Waals surface area (Å²) in [4.78, 5) is 4.76. The normalized spacial score (nSPS) is 10.7. The molecule has 2 heterocycles. The maximum absolute atomic E-state index is 4.76. The van der Waals surface area contributed by atoms with E-state index in [1.54, 1.807) is 0 Å². The van der Waals surface area contributed by atoms with Gasteiger partial charge in [-0.25, -0.2) is 4.98 Å². The van der Waals surface area contributed by atoms with E-state index in [-0.39, 0.29) is 0 Å². The molecule has 0 aliphatic carbocycles. The van der Waals surface area contributed by atoms with E-state index in [9.17, 15) is 0 Å². The minimum Gasteiger partial charge on any atom is -0.366 e. The molecule has 4 nitrogen and oxygen atoms in total. The maximum Gasteiger partial charge on any atom is 0.127 e. The first-order valence-electron chi connectivity index (χ1n) is 7.95. The first-order chi connectivity index (χ1) is 11.2. The molecule has 0 aliphatic heterocycles. The lowest BCUT2D eigenvalue weighted by molar-refractivity contribution is 0.756. The zero-order valence-corrected chi connectivity index (χ0v) is 13.9. The number of pyridine rings is 1. The largest absolute Gasteiger partial charge is 0.366 e. The summed E-state index contributed by atoms with van der Waals surface area (Å²) in [5.74, 6) is 0.909. The number of hydrogen-bond acceptors (Lipinski definition) is 3. The van der Waals surface area contributed by atoms with E-state index in [4.69, 9.17) is 4.98 Å². The second kappa shape index (κ2) is 6.65. The molecule has 0 unspecified atom stereocenters. The van der Waals surface area contributed by atoms with Crippen LogP contribution in [0.15, 0.2) is 48.7 Å². The summed E-state index contributed by atoms with van der Waals surface area (Å²) in [5, 5.41) is 7.81. The van der Waals surface area contributed by atoms with Crippen molar-refractivity contribution >= 4 is 5.82 Å². The summed E-state index contributed by atoms with van der Waals surface area (Å²) in [5.41, 5.74) is 5.68. The third-order valence-electron chi connectivity index (χ3n) is 3.94. The molecule has 3 aromatic rings. The molecule has 0 bridgehead atoms. The lowest BCUT2D eigenvalue weighted by Crippen LogP contribution is -2.03. The van der Waals surface area contributed by atoms with Crippen LogP contribution in [0.25, 0.3) is 11.3 Å². The van der Waals surface area contributed by atoms with Crippen LogP contribution >= 0.6 is 0 Å². The van der Waals surface area contributed by atoms with Crippen molar-refractivity contribution in [3.05, 3.63) is 65.5 Å². The van der Waals surface area contributed by atoms with Crippen molar-refractivity contribution in [3.63, 3.8) is 0 Å². The molecule has 0 amide bonds. The first-order valence-corrected chi connectivity index (χ1v) is 7.95. The molecule has 0 aliphatic rings. The number of aryl methyl sites for hydroxylation is 3. The van der Waals surface area contributed by atoms with Gasteiger partial charge in [0.1, 0.15) is 5.82 Å². The van der Waals surface area contributed by atoms with Gasteiger partial charge in [-0.1, -0.05) is 37.3 Å². The van der Waals surface area contributed by atoms with Gasteiger partial charge in [0.2, 0.25) is 0 Å². The SMILES string of the molecule is CCc1cc(NCc2cn(C)nc2C)nc(-c2ccccc2)c1.